The number of nitrogens with one attached hydrogen (secondary N) is 1. The molecule has 0 saturated heterocycles. The van der Waals surface area contributed by atoms with E-state index in [4.69, 9.17) is 5.73 Å². The van der Waals surface area contributed by atoms with Crippen molar-refractivity contribution in [2.75, 3.05) is 5.73 Å². The van der Waals surface area contributed by atoms with E-state index in [2.05, 4.69) is 25.9 Å². The Balaban J connectivity index is 2.17. The molecule has 3 nitrogen and oxygen atoms in total. The van der Waals surface area contributed by atoms with Gasteiger partial charge in [-0.25, -0.2) is 9.37 Å². The number of halogens is 2. The molecule has 0 aliphatic carbocycles. The van der Waals surface area contributed by atoms with Crippen LogP contribution in [0.5, 0.6) is 0 Å². The summed E-state index contributed by atoms with van der Waals surface area (Å²) in [5.74, 6) is 0.395. The highest BCUT2D eigenvalue weighted by atomic mass is 79.9. The summed E-state index contributed by atoms with van der Waals surface area (Å²) in [5.41, 5.74) is 9.85. The van der Waals surface area contributed by atoms with Gasteiger partial charge in [0.2, 0.25) is 0 Å². The number of aromatic amines is 1. The molecule has 5 heteroatoms. The van der Waals surface area contributed by atoms with Crippen LogP contribution < -0.4 is 5.73 Å². The van der Waals surface area contributed by atoms with E-state index in [0.29, 0.717) is 15.8 Å². The minimum absolute atomic E-state index is 0.309. The van der Waals surface area contributed by atoms with Gasteiger partial charge in [-0.3, -0.25) is 0 Å². The third kappa shape index (κ3) is 2.10. The minimum Gasteiger partial charge on any atom is -0.399 e. The zero-order valence-corrected chi connectivity index (χ0v) is 11.8. The number of hydrogen-bond donors (Lipinski definition) is 2. The van der Waals surface area contributed by atoms with Crippen molar-refractivity contribution < 1.29 is 4.39 Å². The van der Waals surface area contributed by atoms with Gasteiger partial charge < -0.3 is 10.7 Å². The number of aromatic nitrogens is 2. The summed E-state index contributed by atoms with van der Waals surface area (Å²) in [6.45, 7) is 1.94. The normalized spacial score (nSPS) is 11.1. The molecule has 0 aliphatic rings. The highest BCUT2D eigenvalue weighted by Crippen LogP contribution is 2.26. The predicted molar refractivity (Wildman–Crippen MR) is 78.3 cm³/mol. The number of anilines is 1. The van der Waals surface area contributed by atoms with Crippen molar-refractivity contribution in [3.8, 4) is 11.4 Å². The van der Waals surface area contributed by atoms with E-state index in [0.717, 1.165) is 22.3 Å². The molecule has 0 fully saturated rings. The molecule has 96 valence electrons. The fourth-order valence-corrected chi connectivity index (χ4v) is 2.30. The van der Waals surface area contributed by atoms with E-state index in [1.807, 2.05) is 25.1 Å². The molecule has 0 radical (unpaired) electrons. The van der Waals surface area contributed by atoms with Gasteiger partial charge in [-0.15, -0.1) is 0 Å². The van der Waals surface area contributed by atoms with Gasteiger partial charge in [0, 0.05) is 17.3 Å². The Morgan fingerprint density at radius 3 is 2.79 bits per heavy atom. The number of fused-ring (bicyclic) bond motifs is 1. The minimum atomic E-state index is -0.309. The van der Waals surface area contributed by atoms with E-state index in [-0.39, 0.29) is 5.82 Å². The molecule has 0 bridgehead atoms. The number of imidazole rings is 1. The van der Waals surface area contributed by atoms with Gasteiger partial charge in [-0.2, -0.15) is 0 Å². The quantitative estimate of drug-likeness (QED) is 0.665. The number of H-pyrrole nitrogens is 1. The molecule has 1 heterocycles. The van der Waals surface area contributed by atoms with Crippen molar-refractivity contribution in [2.45, 2.75) is 6.92 Å². The Labute approximate surface area is 117 Å². The van der Waals surface area contributed by atoms with Crippen LogP contribution in [-0.4, -0.2) is 9.97 Å². The monoisotopic (exact) mass is 319 g/mol. The van der Waals surface area contributed by atoms with E-state index >= 15 is 0 Å². The summed E-state index contributed by atoms with van der Waals surface area (Å²) < 4.78 is 13.9. The molecule has 3 rings (SSSR count). The third-order valence-electron chi connectivity index (χ3n) is 3.07. The van der Waals surface area contributed by atoms with Crippen molar-refractivity contribution in [1.82, 2.24) is 9.97 Å². The number of aryl methyl sites for hydroxylation is 1. The fourth-order valence-electron chi connectivity index (χ4n) is 1.96. The molecule has 1 aromatic heterocycles. The van der Waals surface area contributed by atoms with Crippen LogP contribution in [0.1, 0.15) is 5.56 Å². The Morgan fingerprint density at radius 2 is 2.05 bits per heavy atom. The van der Waals surface area contributed by atoms with Gasteiger partial charge in [0.1, 0.15) is 11.6 Å². The van der Waals surface area contributed by atoms with Gasteiger partial charge >= 0.3 is 0 Å². The maximum atomic E-state index is 13.5. The second-order valence-corrected chi connectivity index (χ2v) is 5.29. The summed E-state index contributed by atoms with van der Waals surface area (Å²) in [6.07, 6.45) is 0. The van der Waals surface area contributed by atoms with Gasteiger partial charge in [0.25, 0.3) is 0 Å². The van der Waals surface area contributed by atoms with Crippen molar-refractivity contribution in [2.24, 2.45) is 0 Å². The average molecular weight is 320 g/mol. The van der Waals surface area contributed by atoms with Crippen molar-refractivity contribution in [1.29, 1.82) is 0 Å². The Kier molecular flexibility index (Phi) is 2.78. The maximum absolute atomic E-state index is 13.5. The second-order valence-electron chi connectivity index (χ2n) is 4.44. The molecule has 0 unspecified atom stereocenters. The topological polar surface area (TPSA) is 54.7 Å². The van der Waals surface area contributed by atoms with Crippen LogP contribution in [0.4, 0.5) is 10.1 Å². The van der Waals surface area contributed by atoms with Gasteiger partial charge in [-0.05, 0) is 52.7 Å². The van der Waals surface area contributed by atoms with Gasteiger partial charge in [0.15, 0.2) is 0 Å². The first-order valence-electron chi connectivity index (χ1n) is 5.76. The Hall–Kier alpha value is -1.88. The fraction of sp³-hybridized carbons (Fsp3) is 0.0714. The molecule has 0 saturated carbocycles. The number of nitrogens with two attached hydrogens (primary N) is 1. The summed E-state index contributed by atoms with van der Waals surface area (Å²) >= 11 is 3.16. The molecular weight excluding hydrogens is 309 g/mol. The largest absolute Gasteiger partial charge is 0.399 e. The van der Waals surface area contributed by atoms with E-state index in [1.54, 1.807) is 6.07 Å². The highest BCUT2D eigenvalue weighted by molar-refractivity contribution is 9.10. The SMILES string of the molecule is Cc1cc(-c2nc3cc(Br)c(F)cc3[nH]2)ccc1N. The van der Waals surface area contributed by atoms with Gasteiger partial charge in [0.05, 0.1) is 15.5 Å². The zero-order valence-electron chi connectivity index (χ0n) is 10.2. The summed E-state index contributed by atoms with van der Waals surface area (Å²) in [6, 6.07) is 8.78. The number of hydrogen-bond acceptors (Lipinski definition) is 2. The van der Waals surface area contributed by atoms with Crippen LogP contribution >= 0.6 is 15.9 Å². The van der Waals surface area contributed by atoms with Crippen LogP contribution in [0.15, 0.2) is 34.8 Å². The lowest BCUT2D eigenvalue weighted by molar-refractivity contribution is 0.623. The number of nitrogen functional groups attached to an aromatic ring is 1. The first-order valence-corrected chi connectivity index (χ1v) is 6.55. The molecule has 3 N–H and O–H groups in total. The van der Waals surface area contributed by atoms with Crippen molar-refractivity contribution in [3.63, 3.8) is 0 Å². The number of benzene rings is 2. The molecule has 0 atom stereocenters. The molecule has 3 aromatic rings. The first kappa shape index (κ1) is 12.2. The van der Waals surface area contributed by atoms with E-state index < -0.39 is 0 Å². The number of rotatable bonds is 1. The molecule has 2 aromatic carbocycles. The molecule has 0 spiro atoms. The zero-order chi connectivity index (χ0) is 13.6. The third-order valence-corrected chi connectivity index (χ3v) is 3.67. The summed E-state index contributed by atoms with van der Waals surface area (Å²) in [5, 5.41) is 0. The first-order chi connectivity index (χ1) is 9.04. The molecule has 0 aliphatic heterocycles. The lowest BCUT2D eigenvalue weighted by Crippen LogP contribution is -1.90. The van der Waals surface area contributed by atoms with Crippen LogP contribution in [0.3, 0.4) is 0 Å². The van der Waals surface area contributed by atoms with Crippen molar-refractivity contribution >= 4 is 32.7 Å². The maximum Gasteiger partial charge on any atom is 0.139 e. The highest BCUT2D eigenvalue weighted by Gasteiger charge is 2.09. The summed E-state index contributed by atoms with van der Waals surface area (Å²) in [4.78, 5) is 7.58. The standard InChI is InChI=1S/C14H11BrFN3/c1-7-4-8(2-3-11(7)17)14-18-12-5-9(15)10(16)6-13(12)19-14/h2-6H,17H2,1H3,(H,18,19). The Bertz CT molecular complexity index is 741. The second kappa shape index (κ2) is 4.35. The molecule has 19 heavy (non-hydrogen) atoms. The average Bonchev–Trinajstić information content (AvgIpc) is 2.76. The summed E-state index contributed by atoms with van der Waals surface area (Å²) in [7, 11) is 0. The van der Waals surface area contributed by atoms with Crippen LogP contribution in [-0.2, 0) is 0 Å². The smallest absolute Gasteiger partial charge is 0.139 e. The predicted octanol–water partition coefficient (Wildman–Crippen LogP) is 4.02. The van der Waals surface area contributed by atoms with Crippen LogP contribution in [0.2, 0.25) is 0 Å². The van der Waals surface area contributed by atoms with Crippen molar-refractivity contribution in [3.05, 3.63) is 46.2 Å². The Morgan fingerprint density at radius 1 is 1.26 bits per heavy atom. The van der Waals surface area contributed by atoms with E-state index in [9.17, 15) is 4.39 Å². The van der Waals surface area contributed by atoms with Gasteiger partial charge in [-0.1, -0.05) is 0 Å². The van der Waals surface area contributed by atoms with Crippen LogP contribution in [0, 0.1) is 12.7 Å². The van der Waals surface area contributed by atoms with E-state index in [1.165, 1.54) is 6.07 Å². The molecule has 0 amide bonds. The molecular formula is C14H11BrFN3. The lowest BCUT2D eigenvalue weighted by Gasteiger charge is -2.01. The van der Waals surface area contributed by atoms with Crippen LogP contribution in [0.25, 0.3) is 22.4 Å². The number of nitrogens with zero attached hydrogens (tertiary/aromatic N) is 1. The lowest BCUT2D eigenvalue weighted by atomic mass is 10.1.